The van der Waals surface area contributed by atoms with Crippen LogP contribution in [0.3, 0.4) is 0 Å². The lowest BCUT2D eigenvalue weighted by molar-refractivity contribution is 0.0956. The molecule has 1 aliphatic rings. The van der Waals surface area contributed by atoms with Gasteiger partial charge in [-0.3, -0.25) is 9.48 Å². The van der Waals surface area contributed by atoms with Crippen molar-refractivity contribution in [2.45, 2.75) is 31.8 Å². The number of aromatic nitrogens is 2. The monoisotopic (exact) mass is 315 g/mol. The van der Waals surface area contributed by atoms with Crippen molar-refractivity contribution < 1.29 is 9.53 Å². The maximum Gasteiger partial charge on any atom is 0.183 e. The minimum Gasteiger partial charge on any atom is -0.383 e. The molecule has 0 amide bonds. The van der Waals surface area contributed by atoms with Gasteiger partial charge in [-0.25, -0.2) is 0 Å². The summed E-state index contributed by atoms with van der Waals surface area (Å²) in [7, 11) is 1.63. The Morgan fingerprint density at radius 2 is 2.44 bits per heavy atom. The Kier molecular flexibility index (Phi) is 4.53. The number of hydrogen-bond acceptors (Lipinski definition) is 4. The van der Waals surface area contributed by atoms with E-state index in [0.717, 1.165) is 17.3 Å². The molecule has 2 N–H and O–H groups in total. The van der Waals surface area contributed by atoms with Gasteiger partial charge in [0.2, 0.25) is 0 Å². The van der Waals surface area contributed by atoms with E-state index in [1.807, 2.05) is 0 Å². The predicted octanol–water partition coefficient (Wildman–Crippen LogP) is 1.60. The molecule has 0 radical (unpaired) electrons. The Hall–Kier alpha value is -0.720. The molecule has 5 nitrogen and oxygen atoms in total. The van der Waals surface area contributed by atoms with Gasteiger partial charge >= 0.3 is 0 Å². The molecule has 1 unspecified atom stereocenters. The number of methoxy groups -OCH3 is 1. The van der Waals surface area contributed by atoms with Crippen LogP contribution in [0.25, 0.3) is 0 Å². The van der Waals surface area contributed by atoms with Crippen LogP contribution in [0.15, 0.2) is 10.7 Å². The molecule has 100 valence electrons. The van der Waals surface area contributed by atoms with Crippen LogP contribution >= 0.6 is 15.9 Å². The molecular weight excluding hydrogens is 298 g/mol. The summed E-state index contributed by atoms with van der Waals surface area (Å²) in [5, 5.41) is 4.17. The Morgan fingerprint density at radius 3 is 3.06 bits per heavy atom. The van der Waals surface area contributed by atoms with Gasteiger partial charge in [-0.05, 0) is 34.7 Å². The maximum absolute atomic E-state index is 12.2. The van der Waals surface area contributed by atoms with E-state index in [-0.39, 0.29) is 11.8 Å². The van der Waals surface area contributed by atoms with Crippen molar-refractivity contribution in [2.75, 3.05) is 13.7 Å². The number of nitrogens with zero attached hydrogens (tertiary/aromatic N) is 2. The van der Waals surface area contributed by atoms with Gasteiger partial charge in [0.05, 0.1) is 23.8 Å². The normalized spacial score (nSPS) is 16.8. The van der Waals surface area contributed by atoms with Gasteiger partial charge < -0.3 is 10.5 Å². The summed E-state index contributed by atoms with van der Waals surface area (Å²) in [5.74, 6) is 0.581. The van der Waals surface area contributed by atoms with Gasteiger partial charge in [-0.2, -0.15) is 5.10 Å². The summed E-state index contributed by atoms with van der Waals surface area (Å²) in [6, 6.07) is -0.0184. The first-order chi connectivity index (χ1) is 8.63. The Bertz CT molecular complexity index is 429. The van der Waals surface area contributed by atoms with Gasteiger partial charge in [0, 0.05) is 19.6 Å². The highest BCUT2D eigenvalue weighted by Gasteiger charge is 2.31. The van der Waals surface area contributed by atoms with E-state index in [9.17, 15) is 4.79 Å². The summed E-state index contributed by atoms with van der Waals surface area (Å²) < 4.78 is 7.41. The maximum atomic E-state index is 12.2. The molecule has 18 heavy (non-hydrogen) atoms. The average molecular weight is 316 g/mol. The number of Topliss-reactive ketones (excluding diaryl/α,β-unsaturated/α-hetero) is 1. The summed E-state index contributed by atoms with van der Waals surface area (Å²) in [5.41, 5.74) is 6.60. The van der Waals surface area contributed by atoms with Gasteiger partial charge in [-0.1, -0.05) is 0 Å². The third-order valence-corrected chi connectivity index (χ3v) is 3.80. The van der Waals surface area contributed by atoms with Gasteiger partial charge in [-0.15, -0.1) is 0 Å². The lowest BCUT2D eigenvalue weighted by Gasteiger charge is -2.11. The summed E-state index contributed by atoms with van der Waals surface area (Å²) in [6.45, 7) is 1.10. The number of ether oxygens (including phenoxy) is 1. The molecule has 0 aliphatic heterocycles. The highest BCUT2D eigenvalue weighted by Crippen LogP contribution is 2.33. The van der Waals surface area contributed by atoms with E-state index in [2.05, 4.69) is 21.0 Å². The van der Waals surface area contributed by atoms with Crippen molar-refractivity contribution in [3.8, 4) is 0 Å². The number of hydrogen-bond donors (Lipinski definition) is 1. The van der Waals surface area contributed by atoms with Crippen LogP contribution in [0.5, 0.6) is 0 Å². The van der Waals surface area contributed by atoms with Crippen molar-refractivity contribution in [1.82, 2.24) is 9.78 Å². The molecule has 0 saturated heterocycles. The topological polar surface area (TPSA) is 70.1 Å². The zero-order valence-corrected chi connectivity index (χ0v) is 12.0. The highest BCUT2D eigenvalue weighted by atomic mass is 79.9. The second-order valence-corrected chi connectivity index (χ2v) is 5.54. The quantitative estimate of drug-likeness (QED) is 0.776. The lowest BCUT2D eigenvalue weighted by Crippen LogP contribution is -2.27. The molecular formula is C12H18BrN3O2. The second-order valence-electron chi connectivity index (χ2n) is 4.69. The van der Waals surface area contributed by atoms with Crippen molar-refractivity contribution >= 4 is 21.7 Å². The molecule has 6 heteroatoms. The third kappa shape index (κ3) is 3.18. The van der Waals surface area contributed by atoms with Crippen molar-refractivity contribution in [3.63, 3.8) is 0 Å². The van der Waals surface area contributed by atoms with Gasteiger partial charge in [0.25, 0.3) is 0 Å². The molecule has 1 heterocycles. The number of carbonyl (C=O) groups is 1. The van der Waals surface area contributed by atoms with Crippen LogP contribution in [0.2, 0.25) is 0 Å². The minimum absolute atomic E-state index is 0.0184. The molecule has 0 spiro atoms. The molecule has 1 saturated carbocycles. The largest absolute Gasteiger partial charge is 0.383 e. The zero-order valence-electron chi connectivity index (χ0n) is 10.4. The van der Waals surface area contributed by atoms with Crippen LogP contribution in [0.1, 0.15) is 29.8 Å². The zero-order chi connectivity index (χ0) is 13.1. The van der Waals surface area contributed by atoms with Gasteiger partial charge in [0.1, 0.15) is 5.69 Å². The molecule has 1 aliphatic carbocycles. The molecule has 2 rings (SSSR count). The smallest absolute Gasteiger partial charge is 0.183 e. The number of halogens is 1. The fourth-order valence-electron chi connectivity index (χ4n) is 1.99. The van der Waals surface area contributed by atoms with Crippen LogP contribution in [0, 0.1) is 5.92 Å². The first-order valence-electron chi connectivity index (χ1n) is 6.12. The van der Waals surface area contributed by atoms with E-state index < -0.39 is 0 Å². The summed E-state index contributed by atoms with van der Waals surface area (Å²) >= 11 is 3.37. The van der Waals surface area contributed by atoms with E-state index in [1.54, 1.807) is 18.0 Å². The molecule has 1 aromatic heterocycles. The second kappa shape index (κ2) is 5.95. The fourth-order valence-corrected chi connectivity index (χ4v) is 2.51. The summed E-state index contributed by atoms with van der Waals surface area (Å²) in [6.07, 6.45) is 4.34. The Morgan fingerprint density at radius 1 is 1.72 bits per heavy atom. The van der Waals surface area contributed by atoms with Crippen LogP contribution in [-0.2, 0) is 11.3 Å². The van der Waals surface area contributed by atoms with Crippen LogP contribution in [0.4, 0.5) is 0 Å². The van der Waals surface area contributed by atoms with Gasteiger partial charge in [0.15, 0.2) is 5.78 Å². The first kappa shape index (κ1) is 13.7. The van der Waals surface area contributed by atoms with E-state index >= 15 is 0 Å². The first-order valence-corrected chi connectivity index (χ1v) is 6.91. The van der Waals surface area contributed by atoms with Crippen molar-refractivity contribution in [2.24, 2.45) is 11.7 Å². The molecule has 1 fully saturated rings. The average Bonchev–Trinajstić information content (AvgIpc) is 3.11. The van der Waals surface area contributed by atoms with Crippen molar-refractivity contribution in [1.29, 1.82) is 0 Å². The predicted molar refractivity (Wildman–Crippen MR) is 71.4 cm³/mol. The van der Waals surface area contributed by atoms with Crippen LogP contribution in [-0.4, -0.2) is 35.3 Å². The molecule has 1 aromatic rings. The fraction of sp³-hybridized carbons (Fsp3) is 0.667. The number of ketones is 1. The number of carbonyl (C=O) groups excluding carboxylic acids is 1. The molecule has 1 atom stereocenters. The Balaban J connectivity index is 2.05. The lowest BCUT2D eigenvalue weighted by atomic mass is 10.1. The SMILES string of the molecule is COCCn1ncc(Br)c1C(=O)CC(N)C1CC1. The standard InChI is InChI=1S/C12H18BrN3O2/c1-18-5-4-16-12(9(13)7-15-16)11(17)6-10(14)8-2-3-8/h7-8,10H,2-6,14H2,1H3. The molecule has 0 bridgehead atoms. The summed E-state index contributed by atoms with van der Waals surface area (Å²) in [4.78, 5) is 12.2. The van der Waals surface area contributed by atoms with E-state index in [1.165, 1.54) is 0 Å². The minimum atomic E-state index is -0.0184. The van der Waals surface area contributed by atoms with Crippen LogP contribution < -0.4 is 5.73 Å². The van der Waals surface area contributed by atoms with Crippen molar-refractivity contribution in [3.05, 3.63) is 16.4 Å². The molecule has 0 aromatic carbocycles. The Labute approximate surface area is 115 Å². The van der Waals surface area contributed by atoms with E-state index in [4.69, 9.17) is 10.5 Å². The highest BCUT2D eigenvalue weighted by molar-refractivity contribution is 9.10. The van der Waals surface area contributed by atoms with E-state index in [0.29, 0.717) is 31.2 Å². The number of rotatable bonds is 7. The third-order valence-electron chi connectivity index (χ3n) is 3.21. The number of nitrogens with two attached hydrogens (primary N) is 1.